The van der Waals surface area contributed by atoms with E-state index >= 15 is 0 Å². The lowest BCUT2D eigenvalue weighted by molar-refractivity contribution is -0.0823. The number of H-pyrrole nitrogens is 1. The van der Waals surface area contributed by atoms with Gasteiger partial charge in [0.15, 0.2) is 0 Å². The van der Waals surface area contributed by atoms with E-state index in [1.165, 1.54) is 12.8 Å². The normalized spacial score (nSPS) is 22.2. The minimum Gasteiger partial charge on any atom is -0.409 e. The standard InChI is InChI=1S/C18H21N3O3S/c22-15(19-14-7-10-23-18(11-14)8-1-2-9-18)12-3-5-13(6-4-12)16-20-21-17(25)24-16/h3-6,14H,1-2,7-11H2,(H,19,22)(H,21,25). The number of nitrogens with one attached hydrogen (secondary N) is 2. The summed E-state index contributed by atoms with van der Waals surface area (Å²) in [5.74, 6) is 0.374. The van der Waals surface area contributed by atoms with Gasteiger partial charge in [-0.2, -0.15) is 0 Å². The molecule has 0 bridgehead atoms. The minimum absolute atomic E-state index is 0.00340. The van der Waals surface area contributed by atoms with Crippen LogP contribution in [0.25, 0.3) is 11.5 Å². The van der Waals surface area contributed by atoms with Gasteiger partial charge >= 0.3 is 0 Å². The zero-order valence-corrected chi connectivity index (χ0v) is 14.7. The van der Waals surface area contributed by atoms with Crippen molar-refractivity contribution in [2.75, 3.05) is 6.61 Å². The lowest BCUT2D eigenvalue weighted by Gasteiger charge is -2.38. The van der Waals surface area contributed by atoms with Crippen LogP contribution in [0.15, 0.2) is 28.7 Å². The van der Waals surface area contributed by atoms with Gasteiger partial charge in [-0.3, -0.25) is 4.79 Å². The number of carbonyl (C=O) groups excluding carboxylic acids is 1. The molecule has 1 unspecified atom stereocenters. The molecular formula is C18H21N3O3S. The van der Waals surface area contributed by atoms with Gasteiger partial charge in [0.25, 0.3) is 10.7 Å². The van der Waals surface area contributed by atoms with Crippen molar-refractivity contribution < 1.29 is 13.9 Å². The summed E-state index contributed by atoms with van der Waals surface area (Å²) in [5, 5.41) is 9.74. The first-order chi connectivity index (χ1) is 12.1. The summed E-state index contributed by atoms with van der Waals surface area (Å²) in [7, 11) is 0. The summed E-state index contributed by atoms with van der Waals surface area (Å²) in [5.41, 5.74) is 1.41. The fourth-order valence-electron chi connectivity index (χ4n) is 3.90. The number of rotatable bonds is 3. The van der Waals surface area contributed by atoms with Crippen molar-refractivity contribution in [3.63, 3.8) is 0 Å². The van der Waals surface area contributed by atoms with Crippen LogP contribution in [-0.4, -0.2) is 34.4 Å². The zero-order chi connectivity index (χ0) is 17.3. The number of benzene rings is 1. The van der Waals surface area contributed by atoms with Gasteiger partial charge in [-0.05, 0) is 62.2 Å². The summed E-state index contributed by atoms with van der Waals surface area (Å²) in [6.07, 6.45) is 6.49. The van der Waals surface area contributed by atoms with E-state index in [0.717, 1.165) is 37.9 Å². The van der Waals surface area contributed by atoms with Gasteiger partial charge < -0.3 is 14.5 Å². The smallest absolute Gasteiger partial charge is 0.284 e. The van der Waals surface area contributed by atoms with Crippen molar-refractivity contribution in [2.24, 2.45) is 0 Å². The highest BCUT2D eigenvalue weighted by Crippen LogP contribution is 2.40. The third-order valence-corrected chi connectivity index (χ3v) is 5.35. The molecule has 2 fully saturated rings. The summed E-state index contributed by atoms with van der Waals surface area (Å²) >= 11 is 4.88. The number of carbonyl (C=O) groups is 1. The maximum Gasteiger partial charge on any atom is 0.284 e. The zero-order valence-electron chi connectivity index (χ0n) is 13.9. The van der Waals surface area contributed by atoms with Crippen molar-refractivity contribution in [3.05, 3.63) is 34.7 Å². The summed E-state index contributed by atoms with van der Waals surface area (Å²) in [6, 6.07) is 7.37. The SMILES string of the molecule is O=C(NC1CCOC2(CCCC2)C1)c1ccc(-c2n[nH]c(=S)o2)cc1. The molecule has 1 aromatic carbocycles. The Bertz CT molecular complexity index is 805. The number of hydrogen-bond acceptors (Lipinski definition) is 5. The fraction of sp³-hybridized carbons (Fsp3) is 0.500. The first-order valence-electron chi connectivity index (χ1n) is 8.74. The monoisotopic (exact) mass is 359 g/mol. The lowest BCUT2D eigenvalue weighted by atomic mass is 9.89. The molecule has 1 spiro atoms. The Morgan fingerprint density at radius 2 is 2.04 bits per heavy atom. The highest BCUT2D eigenvalue weighted by molar-refractivity contribution is 7.71. The predicted octanol–water partition coefficient (Wildman–Crippen LogP) is 3.62. The summed E-state index contributed by atoms with van der Waals surface area (Å²) < 4.78 is 11.3. The van der Waals surface area contributed by atoms with Crippen molar-refractivity contribution >= 4 is 18.1 Å². The number of aromatic amines is 1. The van der Waals surface area contributed by atoms with Gasteiger partial charge in [0.1, 0.15) is 0 Å². The van der Waals surface area contributed by atoms with E-state index < -0.39 is 0 Å². The molecule has 1 amide bonds. The predicted molar refractivity (Wildman–Crippen MR) is 94.8 cm³/mol. The number of ether oxygens (including phenoxy) is 1. The van der Waals surface area contributed by atoms with Crippen LogP contribution in [0.4, 0.5) is 0 Å². The minimum atomic E-state index is -0.0467. The van der Waals surface area contributed by atoms with E-state index in [2.05, 4.69) is 15.5 Å². The molecule has 2 aromatic rings. The van der Waals surface area contributed by atoms with Crippen LogP contribution in [0.2, 0.25) is 0 Å². The molecule has 1 saturated heterocycles. The Morgan fingerprint density at radius 3 is 2.72 bits per heavy atom. The number of aromatic nitrogens is 2. The Balaban J connectivity index is 1.41. The van der Waals surface area contributed by atoms with Crippen LogP contribution in [0.1, 0.15) is 48.9 Å². The van der Waals surface area contributed by atoms with Gasteiger partial charge in [0.2, 0.25) is 5.89 Å². The lowest BCUT2D eigenvalue weighted by Crippen LogP contribution is -2.47. The van der Waals surface area contributed by atoms with Crippen LogP contribution in [-0.2, 0) is 4.74 Å². The molecule has 1 aliphatic heterocycles. The molecular weight excluding hydrogens is 338 g/mol. The van der Waals surface area contributed by atoms with Crippen molar-refractivity contribution in [3.8, 4) is 11.5 Å². The number of hydrogen-bond donors (Lipinski definition) is 2. The Morgan fingerprint density at radius 1 is 1.28 bits per heavy atom. The van der Waals surface area contributed by atoms with Crippen molar-refractivity contribution in [2.45, 2.75) is 50.2 Å². The quantitative estimate of drug-likeness (QED) is 0.818. The molecule has 2 N–H and O–H groups in total. The van der Waals surface area contributed by atoms with E-state index in [-0.39, 0.29) is 22.4 Å². The second kappa shape index (κ2) is 6.72. The van der Waals surface area contributed by atoms with Crippen LogP contribution in [0.3, 0.4) is 0 Å². The van der Waals surface area contributed by atoms with Gasteiger partial charge in [-0.15, -0.1) is 5.10 Å². The first-order valence-corrected chi connectivity index (χ1v) is 9.15. The molecule has 7 heteroatoms. The van der Waals surface area contributed by atoms with Crippen LogP contribution < -0.4 is 5.32 Å². The average Bonchev–Trinajstić information content (AvgIpc) is 3.24. The second-order valence-corrected chi connectivity index (χ2v) is 7.27. The van der Waals surface area contributed by atoms with Gasteiger partial charge in [-0.1, -0.05) is 12.8 Å². The maximum atomic E-state index is 12.6. The van der Waals surface area contributed by atoms with E-state index in [1.807, 2.05) is 12.1 Å². The van der Waals surface area contributed by atoms with Crippen molar-refractivity contribution in [1.29, 1.82) is 0 Å². The maximum absolute atomic E-state index is 12.6. The Labute approximate surface area is 151 Å². The van der Waals surface area contributed by atoms with E-state index in [9.17, 15) is 4.79 Å². The third-order valence-electron chi connectivity index (χ3n) is 5.18. The van der Waals surface area contributed by atoms with E-state index in [0.29, 0.717) is 11.5 Å². The largest absolute Gasteiger partial charge is 0.409 e. The molecule has 1 atom stereocenters. The highest BCUT2D eigenvalue weighted by Gasteiger charge is 2.40. The molecule has 0 radical (unpaired) electrons. The van der Waals surface area contributed by atoms with Crippen LogP contribution in [0, 0.1) is 4.84 Å². The van der Waals surface area contributed by atoms with Gasteiger partial charge in [-0.25, -0.2) is 5.10 Å². The molecule has 1 saturated carbocycles. The van der Waals surface area contributed by atoms with Crippen LogP contribution in [0.5, 0.6) is 0 Å². The molecule has 6 nitrogen and oxygen atoms in total. The van der Waals surface area contributed by atoms with E-state index in [1.54, 1.807) is 12.1 Å². The highest BCUT2D eigenvalue weighted by atomic mass is 32.1. The fourth-order valence-corrected chi connectivity index (χ4v) is 4.03. The van der Waals surface area contributed by atoms with Gasteiger partial charge in [0, 0.05) is 23.8 Å². The summed E-state index contributed by atoms with van der Waals surface area (Å²) in [4.78, 5) is 12.8. The first kappa shape index (κ1) is 16.5. The third kappa shape index (κ3) is 3.52. The Hall–Kier alpha value is -1.99. The average molecular weight is 359 g/mol. The van der Waals surface area contributed by atoms with Gasteiger partial charge in [0.05, 0.1) is 5.60 Å². The number of nitrogens with zero attached hydrogens (tertiary/aromatic N) is 1. The number of amides is 1. The van der Waals surface area contributed by atoms with Crippen molar-refractivity contribution in [1.82, 2.24) is 15.5 Å². The second-order valence-electron chi connectivity index (χ2n) is 6.90. The molecule has 25 heavy (non-hydrogen) atoms. The molecule has 4 rings (SSSR count). The Kier molecular flexibility index (Phi) is 4.43. The molecule has 2 aliphatic rings. The molecule has 2 heterocycles. The van der Waals surface area contributed by atoms with E-state index in [4.69, 9.17) is 21.4 Å². The molecule has 132 valence electrons. The van der Waals surface area contributed by atoms with Crippen LogP contribution >= 0.6 is 12.2 Å². The molecule has 1 aromatic heterocycles. The topological polar surface area (TPSA) is 80.1 Å². The summed E-state index contributed by atoms with van der Waals surface area (Å²) in [6.45, 7) is 0.730. The molecule has 1 aliphatic carbocycles.